The molecule has 3 unspecified atom stereocenters. The van der Waals surface area contributed by atoms with Crippen LogP contribution in [0.2, 0.25) is 0 Å². The molecule has 0 saturated heterocycles. The van der Waals surface area contributed by atoms with Crippen molar-refractivity contribution in [3.8, 4) is 0 Å². The molecule has 0 spiro atoms. The number of rotatable bonds is 8. The first kappa shape index (κ1) is 19.0. The van der Waals surface area contributed by atoms with Gasteiger partial charge in [0.1, 0.15) is 12.1 Å². The predicted molar refractivity (Wildman–Crippen MR) is 104 cm³/mol. The van der Waals surface area contributed by atoms with E-state index in [0.717, 1.165) is 31.4 Å². The Morgan fingerprint density at radius 1 is 1.18 bits per heavy atom. The number of hydrogen-bond acceptors (Lipinski definition) is 6. The second-order valence-corrected chi connectivity index (χ2v) is 7.74. The fraction of sp³-hybridized carbons (Fsp3) is 0.600. The quantitative estimate of drug-likeness (QED) is 0.575. The third-order valence-electron chi connectivity index (χ3n) is 5.90. The molecule has 2 N–H and O–H groups in total. The van der Waals surface area contributed by atoms with Gasteiger partial charge in [-0.05, 0) is 19.3 Å². The van der Waals surface area contributed by atoms with Gasteiger partial charge in [-0.3, -0.25) is 9.20 Å². The Labute approximate surface area is 163 Å². The highest BCUT2D eigenvalue weighted by molar-refractivity contribution is 5.86. The molecule has 0 bridgehead atoms. The van der Waals surface area contributed by atoms with Gasteiger partial charge in [0.25, 0.3) is 0 Å². The maximum atomic E-state index is 12.2. The molecule has 0 amide bonds. The minimum Gasteiger partial charge on any atom is -0.396 e. The molecule has 0 aromatic carbocycles. The average Bonchev–Trinajstić information content (AvgIpc) is 3.38. The van der Waals surface area contributed by atoms with E-state index in [1.165, 1.54) is 0 Å². The molecule has 3 aromatic heterocycles. The summed E-state index contributed by atoms with van der Waals surface area (Å²) in [5.41, 5.74) is 2.87. The number of carbonyl (C=O) groups is 1. The largest absolute Gasteiger partial charge is 0.396 e. The van der Waals surface area contributed by atoms with E-state index >= 15 is 0 Å². The van der Waals surface area contributed by atoms with Crippen molar-refractivity contribution in [1.82, 2.24) is 23.9 Å². The van der Waals surface area contributed by atoms with Gasteiger partial charge in [-0.2, -0.15) is 0 Å². The topological polar surface area (TPSA) is 106 Å². The van der Waals surface area contributed by atoms with Crippen molar-refractivity contribution in [3.05, 3.63) is 24.5 Å². The van der Waals surface area contributed by atoms with E-state index in [9.17, 15) is 15.0 Å². The highest BCUT2D eigenvalue weighted by Crippen LogP contribution is 2.37. The monoisotopic (exact) mass is 385 g/mol. The molecule has 150 valence electrons. The minimum absolute atomic E-state index is 0.0328. The Hall–Kier alpha value is -2.32. The molecule has 28 heavy (non-hydrogen) atoms. The second-order valence-electron chi connectivity index (χ2n) is 7.74. The maximum Gasteiger partial charge on any atom is 0.168 e. The first-order valence-corrected chi connectivity index (χ1v) is 10.1. The van der Waals surface area contributed by atoms with E-state index in [2.05, 4.69) is 21.9 Å². The number of ketones is 1. The number of unbranched alkanes of at least 4 members (excludes halogenated alkanes) is 2. The lowest BCUT2D eigenvalue weighted by molar-refractivity contribution is -0.118. The highest BCUT2D eigenvalue weighted by atomic mass is 16.3. The van der Waals surface area contributed by atoms with E-state index in [0.29, 0.717) is 36.1 Å². The fourth-order valence-corrected chi connectivity index (χ4v) is 4.30. The summed E-state index contributed by atoms with van der Waals surface area (Å²) in [6, 6.07) is -0.0328. The van der Waals surface area contributed by atoms with Crippen LogP contribution in [0.1, 0.15) is 57.2 Å². The van der Waals surface area contributed by atoms with Crippen LogP contribution in [0, 0.1) is 5.92 Å². The Morgan fingerprint density at radius 2 is 2.04 bits per heavy atom. The number of Topliss-reactive ketones (excluding diaryl/α,β-unsaturated/α-hetero) is 1. The number of aliphatic hydroxyl groups is 2. The minimum atomic E-state index is -0.507. The Morgan fingerprint density at radius 3 is 2.82 bits per heavy atom. The zero-order valence-corrected chi connectivity index (χ0v) is 16.2. The van der Waals surface area contributed by atoms with Crippen LogP contribution in [0.3, 0.4) is 0 Å². The summed E-state index contributed by atoms with van der Waals surface area (Å²) in [6.07, 6.45) is 10.1. The highest BCUT2D eigenvalue weighted by Gasteiger charge is 2.36. The molecule has 1 saturated carbocycles. The smallest absolute Gasteiger partial charge is 0.168 e. The Balaban J connectivity index is 1.62. The Bertz CT molecular complexity index is 979. The van der Waals surface area contributed by atoms with Crippen LogP contribution in [-0.4, -0.2) is 52.6 Å². The summed E-state index contributed by atoms with van der Waals surface area (Å²) in [5.74, 6) is -0.00178. The zero-order valence-electron chi connectivity index (χ0n) is 16.2. The molecular weight excluding hydrogens is 358 g/mol. The van der Waals surface area contributed by atoms with Crippen molar-refractivity contribution in [2.75, 3.05) is 6.61 Å². The third-order valence-corrected chi connectivity index (χ3v) is 5.90. The molecule has 0 aliphatic heterocycles. The van der Waals surface area contributed by atoms with Crippen LogP contribution < -0.4 is 0 Å². The molecule has 3 aromatic rings. The number of imidazole rings is 2. The van der Waals surface area contributed by atoms with Gasteiger partial charge < -0.3 is 14.8 Å². The fourth-order valence-electron chi connectivity index (χ4n) is 4.30. The second kappa shape index (κ2) is 7.97. The number of carbonyl (C=O) groups excluding carboxylic acids is 1. The molecule has 8 heteroatoms. The van der Waals surface area contributed by atoms with Crippen molar-refractivity contribution in [2.24, 2.45) is 5.92 Å². The van der Waals surface area contributed by atoms with Crippen LogP contribution in [-0.2, 0) is 11.2 Å². The molecule has 4 rings (SSSR count). The lowest BCUT2D eigenvalue weighted by Gasteiger charge is -2.21. The van der Waals surface area contributed by atoms with Crippen molar-refractivity contribution in [2.45, 2.75) is 64.0 Å². The summed E-state index contributed by atoms with van der Waals surface area (Å²) in [4.78, 5) is 25.8. The third kappa shape index (κ3) is 3.31. The van der Waals surface area contributed by atoms with Crippen molar-refractivity contribution >= 4 is 22.6 Å². The molecule has 1 aliphatic rings. The lowest BCUT2D eigenvalue weighted by atomic mass is 10.0. The van der Waals surface area contributed by atoms with Crippen LogP contribution in [0.5, 0.6) is 0 Å². The summed E-state index contributed by atoms with van der Waals surface area (Å²) in [5, 5.41) is 19.8. The summed E-state index contributed by atoms with van der Waals surface area (Å²) in [6.45, 7) is 2.06. The first-order valence-electron chi connectivity index (χ1n) is 10.1. The zero-order chi connectivity index (χ0) is 19.7. The van der Waals surface area contributed by atoms with E-state index in [4.69, 9.17) is 0 Å². The molecule has 0 radical (unpaired) electrons. The van der Waals surface area contributed by atoms with Crippen molar-refractivity contribution in [1.29, 1.82) is 0 Å². The average molecular weight is 385 g/mol. The van der Waals surface area contributed by atoms with Crippen LogP contribution >= 0.6 is 0 Å². The van der Waals surface area contributed by atoms with Gasteiger partial charge >= 0.3 is 0 Å². The van der Waals surface area contributed by atoms with Gasteiger partial charge in [-0.25, -0.2) is 15.0 Å². The summed E-state index contributed by atoms with van der Waals surface area (Å²) >= 11 is 0. The molecular formula is C20H27N5O3. The van der Waals surface area contributed by atoms with E-state index in [-0.39, 0.29) is 24.3 Å². The van der Waals surface area contributed by atoms with Gasteiger partial charge in [-0.1, -0.05) is 19.8 Å². The molecule has 8 nitrogen and oxygen atoms in total. The molecule has 3 heterocycles. The Kier molecular flexibility index (Phi) is 5.41. The number of aliphatic hydroxyl groups excluding tert-OH is 2. The number of fused-ring (bicyclic) bond motifs is 3. The van der Waals surface area contributed by atoms with Crippen LogP contribution in [0.4, 0.5) is 0 Å². The normalized spacial score (nSPS) is 22.5. The van der Waals surface area contributed by atoms with Gasteiger partial charge in [0, 0.05) is 31.0 Å². The molecule has 3 atom stereocenters. The molecule has 1 fully saturated rings. The standard InChI is InChI=1S/C20H27N5O3/c1-2-3-4-5-14(27)8-13-9-21-19-18-20(23-12-24(13)19)25(11-22-18)16-6-7-17(28)15(16)10-26/h9,11-12,15-17,26,28H,2-8,10H2,1H3. The SMILES string of the molecule is CCCCCC(=O)Cc1cnc2c3ncn(C4CCC(O)C4CO)c3ncn12. The lowest BCUT2D eigenvalue weighted by Crippen LogP contribution is -2.25. The number of aromatic nitrogens is 5. The maximum absolute atomic E-state index is 12.2. The van der Waals surface area contributed by atoms with Gasteiger partial charge in [0.05, 0.1) is 24.7 Å². The predicted octanol–water partition coefficient (Wildman–Crippen LogP) is 2.08. The van der Waals surface area contributed by atoms with E-state index < -0.39 is 6.10 Å². The van der Waals surface area contributed by atoms with E-state index in [1.807, 2.05) is 8.97 Å². The van der Waals surface area contributed by atoms with Crippen LogP contribution in [0.25, 0.3) is 16.8 Å². The van der Waals surface area contributed by atoms with Gasteiger partial charge in [0.15, 0.2) is 16.8 Å². The first-order chi connectivity index (χ1) is 13.6. The number of hydrogen-bond donors (Lipinski definition) is 2. The van der Waals surface area contributed by atoms with Crippen molar-refractivity contribution < 1.29 is 15.0 Å². The number of nitrogens with zero attached hydrogens (tertiary/aromatic N) is 5. The summed E-state index contributed by atoms with van der Waals surface area (Å²) in [7, 11) is 0. The van der Waals surface area contributed by atoms with Crippen LogP contribution in [0.15, 0.2) is 18.9 Å². The van der Waals surface area contributed by atoms with Crippen molar-refractivity contribution in [3.63, 3.8) is 0 Å². The van der Waals surface area contributed by atoms with Gasteiger partial charge in [-0.15, -0.1) is 0 Å². The summed E-state index contributed by atoms with van der Waals surface area (Å²) < 4.78 is 3.78. The molecule has 1 aliphatic carbocycles. The van der Waals surface area contributed by atoms with E-state index in [1.54, 1.807) is 18.9 Å². The van der Waals surface area contributed by atoms with Gasteiger partial charge in [0.2, 0.25) is 0 Å².